The Morgan fingerprint density at radius 1 is 1.32 bits per heavy atom. The van der Waals surface area contributed by atoms with Crippen LogP contribution in [0.5, 0.6) is 0 Å². The Bertz CT molecular complexity index is 546. The van der Waals surface area contributed by atoms with Gasteiger partial charge in [0.2, 0.25) is 0 Å². The Kier molecular flexibility index (Phi) is 2.75. The van der Waals surface area contributed by atoms with Crippen molar-refractivity contribution in [2.75, 3.05) is 0 Å². The molecule has 2 heterocycles. The standard InChI is InChI=1S/C16H19NO2/c1-11-5-7-13(8-6-11)14-10-16(19)9-3-4-12(2)17(16)15(14)18/h5-8,10,12,19H,3-4,9H2,1-2H3. The fourth-order valence-corrected chi connectivity index (χ4v) is 3.17. The van der Waals surface area contributed by atoms with Crippen LogP contribution < -0.4 is 0 Å². The van der Waals surface area contributed by atoms with E-state index >= 15 is 0 Å². The van der Waals surface area contributed by atoms with Crippen molar-refractivity contribution in [3.05, 3.63) is 41.5 Å². The molecule has 1 aromatic rings. The highest BCUT2D eigenvalue weighted by Gasteiger charge is 2.48. The Hall–Kier alpha value is -1.61. The first kappa shape index (κ1) is 12.4. The number of piperidine rings is 1. The Morgan fingerprint density at radius 2 is 2.00 bits per heavy atom. The van der Waals surface area contributed by atoms with Crippen LogP contribution in [0.3, 0.4) is 0 Å². The predicted molar refractivity (Wildman–Crippen MR) is 74.3 cm³/mol. The van der Waals surface area contributed by atoms with Crippen molar-refractivity contribution in [2.45, 2.75) is 44.9 Å². The SMILES string of the molecule is Cc1ccc(C2=CC3(O)CCCC(C)N3C2=O)cc1. The number of aryl methyl sites for hydroxylation is 1. The van der Waals surface area contributed by atoms with Crippen LogP contribution in [-0.4, -0.2) is 27.7 Å². The van der Waals surface area contributed by atoms with Gasteiger partial charge in [0.25, 0.3) is 5.91 Å². The molecule has 0 saturated carbocycles. The number of carbonyl (C=O) groups excluding carboxylic acids is 1. The molecule has 2 aliphatic rings. The van der Waals surface area contributed by atoms with Crippen molar-refractivity contribution < 1.29 is 9.90 Å². The molecule has 19 heavy (non-hydrogen) atoms. The maximum atomic E-state index is 12.5. The number of carbonyl (C=O) groups is 1. The minimum absolute atomic E-state index is 0.0430. The molecule has 3 rings (SSSR count). The highest BCUT2D eigenvalue weighted by atomic mass is 16.3. The second kappa shape index (κ2) is 4.20. The van der Waals surface area contributed by atoms with Gasteiger partial charge in [-0.25, -0.2) is 0 Å². The van der Waals surface area contributed by atoms with Crippen LogP contribution in [-0.2, 0) is 4.79 Å². The zero-order valence-electron chi connectivity index (χ0n) is 11.4. The lowest BCUT2D eigenvalue weighted by molar-refractivity contribution is -0.152. The number of benzene rings is 1. The van der Waals surface area contributed by atoms with Gasteiger partial charge in [-0.3, -0.25) is 4.79 Å². The van der Waals surface area contributed by atoms with Gasteiger partial charge in [0.1, 0.15) is 0 Å². The number of nitrogens with zero attached hydrogens (tertiary/aromatic N) is 1. The van der Waals surface area contributed by atoms with Gasteiger partial charge >= 0.3 is 0 Å². The van der Waals surface area contributed by atoms with E-state index in [1.165, 1.54) is 5.56 Å². The third-order valence-electron chi connectivity index (χ3n) is 4.21. The average molecular weight is 257 g/mol. The fourth-order valence-electron chi connectivity index (χ4n) is 3.17. The molecule has 1 N–H and O–H groups in total. The summed E-state index contributed by atoms with van der Waals surface area (Å²) < 4.78 is 0. The van der Waals surface area contributed by atoms with E-state index in [4.69, 9.17) is 0 Å². The summed E-state index contributed by atoms with van der Waals surface area (Å²) in [4.78, 5) is 14.2. The highest BCUT2D eigenvalue weighted by Crippen LogP contribution is 2.40. The summed E-state index contributed by atoms with van der Waals surface area (Å²) in [5.41, 5.74) is 1.62. The van der Waals surface area contributed by atoms with E-state index in [0.717, 1.165) is 18.4 Å². The molecule has 0 aromatic heterocycles. The summed E-state index contributed by atoms with van der Waals surface area (Å²) in [6.07, 6.45) is 4.30. The van der Waals surface area contributed by atoms with Gasteiger partial charge in [-0.2, -0.15) is 0 Å². The van der Waals surface area contributed by atoms with Crippen molar-refractivity contribution in [3.63, 3.8) is 0 Å². The van der Waals surface area contributed by atoms with E-state index in [2.05, 4.69) is 0 Å². The van der Waals surface area contributed by atoms with Crippen molar-refractivity contribution in [2.24, 2.45) is 0 Å². The molecule has 1 aromatic carbocycles. The molecular formula is C16H19NO2. The first-order valence-electron chi connectivity index (χ1n) is 6.87. The van der Waals surface area contributed by atoms with Crippen LogP contribution >= 0.6 is 0 Å². The summed E-state index contributed by atoms with van der Waals surface area (Å²) in [5, 5.41) is 10.7. The minimum atomic E-state index is -1.07. The van der Waals surface area contributed by atoms with E-state index in [9.17, 15) is 9.90 Å². The first-order chi connectivity index (χ1) is 9.01. The summed E-state index contributed by atoms with van der Waals surface area (Å²) >= 11 is 0. The highest BCUT2D eigenvalue weighted by molar-refractivity contribution is 6.22. The molecule has 3 heteroatoms. The van der Waals surface area contributed by atoms with Gasteiger partial charge in [-0.05, 0) is 44.7 Å². The van der Waals surface area contributed by atoms with Crippen molar-refractivity contribution in [3.8, 4) is 0 Å². The molecule has 1 amide bonds. The zero-order valence-corrected chi connectivity index (χ0v) is 11.4. The Balaban J connectivity index is 2.01. The molecule has 2 atom stereocenters. The fraction of sp³-hybridized carbons (Fsp3) is 0.438. The predicted octanol–water partition coefficient (Wildman–Crippen LogP) is 2.48. The van der Waals surface area contributed by atoms with Gasteiger partial charge in [0.15, 0.2) is 5.72 Å². The largest absolute Gasteiger partial charge is 0.367 e. The lowest BCUT2D eigenvalue weighted by Gasteiger charge is -2.41. The van der Waals surface area contributed by atoms with Gasteiger partial charge in [0, 0.05) is 11.6 Å². The van der Waals surface area contributed by atoms with Crippen LogP contribution in [0.15, 0.2) is 30.3 Å². The van der Waals surface area contributed by atoms with Gasteiger partial charge in [-0.15, -0.1) is 0 Å². The molecule has 2 unspecified atom stereocenters. The molecule has 1 fully saturated rings. The third kappa shape index (κ3) is 1.89. The topological polar surface area (TPSA) is 40.5 Å². The third-order valence-corrected chi connectivity index (χ3v) is 4.21. The van der Waals surface area contributed by atoms with Crippen molar-refractivity contribution in [1.82, 2.24) is 4.90 Å². The Morgan fingerprint density at radius 3 is 2.63 bits per heavy atom. The summed E-state index contributed by atoms with van der Waals surface area (Å²) in [7, 11) is 0. The molecular weight excluding hydrogens is 238 g/mol. The number of aliphatic hydroxyl groups is 1. The summed E-state index contributed by atoms with van der Waals surface area (Å²) in [6, 6.07) is 7.99. The second-order valence-corrected chi connectivity index (χ2v) is 5.72. The minimum Gasteiger partial charge on any atom is -0.367 e. The first-order valence-corrected chi connectivity index (χ1v) is 6.87. The molecule has 100 valence electrons. The zero-order chi connectivity index (χ0) is 13.6. The van der Waals surface area contributed by atoms with Crippen LogP contribution in [0, 0.1) is 6.92 Å². The van der Waals surface area contributed by atoms with Crippen molar-refractivity contribution in [1.29, 1.82) is 0 Å². The average Bonchev–Trinajstić information content (AvgIpc) is 2.63. The molecule has 0 aliphatic carbocycles. The number of hydrogen-bond donors (Lipinski definition) is 1. The van der Waals surface area contributed by atoms with E-state index in [1.807, 2.05) is 38.1 Å². The second-order valence-electron chi connectivity index (χ2n) is 5.72. The van der Waals surface area contributed by atoms with E-state index in [0.29, 0.717) is 12.0 Å². The monoisotopic (exact) mass is 257 g/mol. The maximum Gasteiger partial charge on any atom is 0.257 e. The normalized spacial score (nSPS) is 30.3. The molecule has 0 bridgehead atoms. The number of rotatable bonds is 1. The van der Waals surface area contributed by atoms with Gasteiger partial charge in [0.05, 0.1) is 0 Å². The molecule has 0 radical (unpaired) electrons. The smallest absolute Gasteiger partial charge is 0.257 e. The molecule has 3 nitrogen and oxygen atoms in total. The van der Waals surface area contributed by atoms with E-state index in [1.54, 1.807) is 11.0 Å². The quantitative estimate of drug-likeness (QED) is 0.839. The van der Waals surface area contributed by atoms with Crippen molar-refractivity contribution >= 4 is 11.5 Å². The number of amides is 1. The number of fused-ring (bicyclic) bond motifs is 1. The maximum absolute atomic E-state index is 12.5. The van der Waals surface area contributed by atoms with Crippen LogP contribution in [0.4, 0.5) is 0 Å². The molecule has 1 saturated heterocycles. The summed E-state index contributed by atoms with van der Waals surface area (Å²) in [5.74, 6) is -0.0430. The molecule has 2 aliphatic heterocycles. The van der Waals surface area contributed by atoms with Crippen LogP contribution in [0.2, 0.25) is 0 Å². The van der Waals surface area contributed by atoms with E-state index < -0.39 is 5.72 Å². The van der Waals surface area contributed by atoms with Crippen LogP contribution in [0.1, 0.15) is 37.3 Å². The lowest BCUT2D eigenvalue weighted by atomic mass is 9.95. The lowest BCUT2D eigenvalue weighted by Crippen LogP contribution is -2.53. The van der Waals surface area contributed by atoms with E-state index in [-0.39, 0.29) is 11.9 Å². The number of hydrogen-bond acceptors (Lipinski definition) is 2. The van der Waals surface area contributed by atoms with Gasteiger partial charge < -0.3 is 10.0 Å². The van der Waals surface area contributed by atoms with Crippen LogP contribution in [0.25, 0.3) is 5.57 Å². The summed E-state index contributed by atoms with van der Waals surface area (Å²) in [6.45, 7) is 4.03. The Labute approximate surface area is 113 Å². The molecule has 0 spiro atoms. The van der Waals surface area contributed by atoms with Gasteiger partial charge in [-0.1, -0.05) is 29.8 Å².